The lowest BCUT2D eigenvalue weighted by Gasteiger charge is -2.25. The van der Waals surface area contributed by atoms with Gasteiger partial charge in [0.2, 0.25) is 0 Å². The molecule has 1 aliphatic rings. The number of ether oxygens (including phenoxy) is 1. The molecule has 0 spiro atoms. The first kappa shape index (κ1) is 22.3. The minimum Gasteiger partial charge on any atom is -0.494 e. The highest BCUT2D eigenvalue weighted by atomic mass is 16.5. The fourth-order valence-corrected chi connectivity index (χ4v) is 3.42. The number of unbranched alkanes of at least 4 members (excludes halogenated alkanes) is 4. The standard InChI is InChI=1S/C26H38NO/c1-3-5-14-24-17-19-25(20-18-24)27(21-6-4-2)22-12-7-8-13-23-28-26-15-10-9-11-16-26/h4,9-10,15-20H,2-3,5-8,11-14,21-23H2,1H3. The van der Waals surface area contributed by atoms with Gasteiger partial charge < -0.3 is 9.64 Å². The summed E-state index contributed by atoms with van der Waals surface area (Å²) in [6.45, 7) is 9.14. The average Bonchev–Trinajstić information content (AvgIpc) is 2.75. The van der Waals surface area contributed by atoms with Crippen LogP contribution in [-0.2, 0) is 11.2 Å². The Morgan fingerprint density at radius 1 is 1.04 bits per heavy atom. The molecule has 28 heavy (non-hydrogen) atoms. The molecule has 1 aliphatic carbocycles. The van der Waals surface area contributed by atoms with Crippen molar-refractivity contribution in [1.82, 2.24) is 0 Å². The van der Waals surface area contributed by atoms with E-state index >= 15 is 0 Å². The molecule has 1 radical (unpaired) electrons. The summed E-state index contributed by atoms with van der Waals surface area (Å²) < 4.78 is 5.80. The topological polar surface area (TPSA) is 12.5 Å². The third-order valence-electron chi connectivity index (χ3n) is 5.17. The lowest BCUT2D eigenvalue weighted by molar-refractivity contribution is 0.215. The quantitative estimate of drug-likeness (QED) is 0.239. The van der Waals surface area contributed by atoms with Gasteiger partial charge in [0, 0.05) is 18.8 Å². The number of allylic oxidation sites excluding steroid dienone is 3. The summed E-state index contributed by atoms with van der Waals surface area (Å²) in [6, 6.07) is 9.19. The Morgan fingerprint density at radius 3 is 2.57 bits per heavy atom. The highest BCUT2D eigenvalue weighted by Gasteiger charge is 2.06. The molecular weight excluding hydrogens is 342 g/mol. The number of rotatable bonds is 15. The number of benzene rings is 1. The predicted molar refractivity (Wildman–Crippen MR) is 123 cm³/mol. The highest BCUT2D eigenvalue weighted by Crippen LogP contribution is 2.18. The Labute approximate surface area is 173 Å². The van der Waals surface area contributed by atoms with Crippen LogP contribution in [0.15, 0.2) is 60.9 Å². The maximum absolute atomic E-state index is 5.80. The van der Waals surface area contributed by atoms with Gasteiger partial charge in [-0.05, 0) is 74.8 Å². The molecule has 2 heteroatoms. The van der Waals surface area contributed by atoms with E-state index in [1.165, 1.54) is 49.8 Å². The van der Waals surface area contributed by atoms with Gasteiger partial charge in [0.15, 0.2) is 0 Å². The van der Waals surface area contributed by atoms with Crippen molar-refractivity contribution in [1.29, 1.82) is 0 Å². The lowest BCUT2D eigenvalue weighted by atomic mass is 10.1. The Bertz CT molecular complexity index is 599. The molecule has 0 heterocycles. The van der Waals surface area contributed by atoms with E-state index in [4.69, 9.17) is 4.74 Å². The van der Waals surface area contributed by atoms with E-state index in [9.17, 15) is 0 Å². The number of nitrogens with zero attached hydrogens (tertiary/aromatic N) is 1. The third-order valence-corrected chi connectivity index (χ3v) is 5.17. The molecule has 2 nitrogen and oxygen atoms in total. The molecule has 0 aromatic heterocycles. The molecule has 0 bridgehead atoms. The second kappa shape index (κ2) is 14.1. The van der Waals surface area contributed by atoms with Crippen LogP contribution in [0.2, 0.25) is 0 Å². The molecular formula is C26H38NO. The molecule has 0 N–H and O–H groups in total. The van der Waals surface area contributed by atoms with Crippen molar-refractivity contribution in [3.63, 3.8) is 0 Å². The smallest absolute Gasteiger partial charge is 0.115 e. The first-order chi connectivity index (χ1) is 13.8. The average molecular weight is 381 g/mol. The Hall–Kier alpha value is -1.96. The van der Waals surface area contributed by atoms with Crippen molar-refractivity contribution in [2.45, 2.75) is 64.7 Å². The summed E-state index contributed by atoms with van der Waals surface area (Å²) in [5.74, 6) is 1.03. The Kier molecular flexibility index (Phi) is 11.2. The minimum absolute atomic E-state index is 0.829. The first-order valence-corrected chi connectivity index (χ1v) is 11.1. The fraction of sp³-hybridized carbons (Fsp3) is 0.500. The van der Waals surface area contributed by atoms with Crippen LogP contribution in [0, 0.1) is 6.42 Å². The van der Waals surface area contributed by atoms with Gasteiger partial charge in [0.1, 0.15) is 5.76 Å². The zero-order chi connectivity index (χ0) is 19.9. The van der Waals surface area contributed by atoms with Crippen molar-refractivity contribution in [2.24, 2.45) is 0 Å². The van der Waals surface area contributed by atoms with Crippen LogP contribution in [0.5, 0.6) is 0 Å². The summed E-state index contributed by atoms with van der Waals surface area (Å²) in [5.41, 5.74) is 2.80. The largest absolute Gasteiger partial charge is 0.494 e. The summed E-state index contributed by atoms with van der Waals surface area (Å²) in [6.07, 6.45) is 21.0. The van der Waals surface area contributed by atoms with Crippen LogP contribution in [0.3, 0.4) is 0 Å². The normalized spacial score (nSPS) is 13.2. The molecule has 0 saturated heterocycles. The van der Waals surface area contributed by atoms with E-state index in [0.717, 1.165) is 44.7 Å². The second-order valence-corrected chi connectivity index (χ2v) is 7.53. The highest BCUT2D eigenvalue weighted by molar-refractivity contribution is 5.47. The van der Waals surface area contributed by atoms with Crippen LogP contribution in [0.4, 0.5) is 5.69 Å². The van der Waals surface area contributed by atoms with Crippen molar-refractivity contribution in [3.05, 3.63) is 72.9 Å². The summed E-state index contributed by atoms with van der Waals surface area (Å²) in [5, 5.41) is 0. The zero-order valence-electron chi connectivity index (χ0n) is 17.7. The molecule has 0 unspecified atom stereocenters. The van der Waals surface area contributed by atoms with E-state index < -0.39 is 0 Å². The SMILES string of the molecule is C=CCCN(CCCCCCOC1=CC[CH]C=C1)c1ccc(CCCC)cc1. The lowest BCUT2D eigenvalue weighted by Crippen LogP contribution is -2.25. The van der Waals surface area contributed by atoms with Gasteiger partial charge in [-0.15, -0.1) is 6.58 Å². The van der Waals surface area contributed by atoms with Gasteiger partial charge in [0.05, 0.1) is 6.61 Å². The van der Waals surface area contributed by atoms with Crippen molar-refractivity contribution < 1.29 is 4.74 Å². The van der Waals surface area contributed by atoms with E-state index in [2.05, 4.69) is 67.3 Å². The maximum Gasteiger partial charge on any atom is 0.115 e. The Morgan fingerprint density at radius 2 is 1.86 bits per heavy atom. The molecule has 1 aromatic rings. The summed E-state index contributed by atoms with van der Waals surface area (Å²) >= 11 is 0. The number of anilines is 1. The van der Waals surface area contributed by atoms with Crippen molar-refractivity contribution >= 4 is 5.69 Å². The van der Waals surface area contributed by atoms with Crippen LogP contribution >= 0.6 is 0 Å². The van der Waals surface area contributed by atoms with Gasteiger partial charge in [0.25, 0.3) is 0 Å². The zero-order valence-corrected chi connectivity index (χ0v) is 17.7. The number of aryl methyl sites for hydroxylation is 1. The molecule has 0 fully saturated rings. The molecule has 0 saturated carbocycles. The molecule has 153 valence electrons. The molecule has 0 amide bonds. The first-order valence-electron chi connectivity index (χ1n) is 11.1. The van der Waals surface area contributed by atoms with Gasteiger partial charge >= 0.3 is 0 Å². The van der Waals surface area contributed by atoms with Gasteiger partial charge in [-0.25, -0.2) is 0 Å². The van der Waals surface area contributed by atoms with Crippen LogP contribution in [-0.4, -0.2) is 19.7 Å². The van der Waals surface area contributed by atoms with Crippen molar-refractivity contribution in [3.8, 4) is 0 Å². The van der Waals surface area contributed by atoms with E-state index in [0.29, 0.717) is 0 Å². The molecule has 0 atom stereocenters. The number of hydrogen-bond donors (Lipinski definition) is 0. The van der Waals surface area contributed by atoms with Crippen LogP contribution in [0.25, 0.3) is 0 Å². The van der Waals surface area contributed by atoms with Gasteiger partial charge in [-0.2, -0.15) is 0 Å². The van der Waals surface area contributed by atoms with Crippen molar-refractivity contribution in [2.75, 3.05) is 24.6 Å². The molecule has 1 aromatic carbocycles. The second-order valence-electron chi connectivity index (χ2n) is 7.53. The molecule has 2 rings (SSSR count). The maximum atomic E-state index is 5.80. The minimum atomic E-state index is 0.829. The predicted octanol–water partition coefficient (Wildman–Crippen LogP) is 7.04. The monoisotopic (exact) mass is 380 g/mol. The van der Waals surface area contributed by atoms with Gasteiger partial charge in [-0.1, -0.05) is 50.5 Å². The van der Waals surface area contributed by atoms with Crippen LogP contribution < -0.4 is 4.90 Å². The van der Waals surface area contributed by atoms with Crippen LogP contribution in [0.1, 0.15) is 63.9 Å². The van der Waals surface area contributed by atoms with E-state index in [-0.39, 0.29) is 0 Å². The summed E-state index contributed by atoms with van der Waals surface area (Å²) in [4.78, 5) is 2.51. The van der Waals surface area contributed by atoms with E-state index in [1.54, 1.807) is 0 Å². The fourth-order valence-electron chi connectivity index (χ4n) is 3.42. The van der Waals surface area contributed by atoms with Gasteiger partial charge in [-0.3, -0.25) is 0 Å². The Balaban J connectivity index is 1.67. The third kappa shape index (κ3) is 8.82. The summed E-state index contributed by atoms with van der Waals surface area (Å²) in [7, 11) is 0. The van der Waals surface area contributed by atoms with E-state index in [1.807, 2.05) is 6.08 Å². The number of hydrogen-bond acceptors (Lipinski definition) is 2. The molecule has 0 aliphatic heterocycles.